The van der Waals surface area contributed by atoms with Crippen LogP contribution in [0.5, 0.6) is 0 Å². The summed E-state index contributed by atoms with van der Waals surface area (Å²) >= 11 is 0. The van der Waals surface area contributed by atoms with Gasteiger partial charge in [-0.25, -0.2) is 0 Å². The first kappa shape index (κ1) is 11.1. The average molecular weight is 192 g/mol. The fraction of sp³-hybridized carbons (Fsp3) is 0.538. The highest BCUT2D eigenvalue weighted by molar-refractivity contribution is 5.46. The predicted molar refractivity (Wildman–Crippen MR) is 61.1 cm³/mol. The fourth-order valence-corrected chi connectivity index (χ4v) is 1.52. The van der Waals surface area contributed by atoms with Crippen LogP contribution in [-0.4, -0.2) is 0 Å². The van der Waals surface area contributed by atoms with Gasteiger partial charge in [-0.1, -0.05) is 31.8 Å². The third-order valence-corrected chi connectivity index (χ3v) is 2.36. The minimum absolute atomic E-state index is 0.970. The van der Waals surface area contributed by atoms with E-state index in [-0.39, 0.29) is 0 Å². The van der Waals surface area contributed by atoms with Crippen molar-refractivity contribution in [2.24, 2.45) is 0 Å². The van der Waals surface area contributed by atoms with Gasteiger partial charge in [0.15, 0.2) is 0 Å². The lowest BCUT2D eigenvalue weighted by Gasteiger charge is -1.99. The van der Waals surface area contributed by atoms with Crippen LogP contribution in [0.3, 0.4) is 0 Å². The van der Waals surface area contributed by atoms with Crippen LogP contribution in [0.2, 0.25) is 0 Å². The van der Waals surface area contributed by atoms with Gasteiger partial charge in [0.1, 0.15) is 5.76 Å². The van der Waals surface area contributed by atoms with Crippen molar-refractivity contribution in [3.8, 4) is 0 Å². The Labute approximate surface area is 86.8 Å². The van der Waals surface area contributed by atoms with E-state index in [0.717, 1.165) is 5.76 Å². The van der Waals surface area contributed by atoms with Crippen LogP contribution in [-0.2, 0) is 0 Å². The van der Waals surface area contributed by atoms with Crippen molar-refractivity contribution >= 4 is 6.08 Å². The van der Waals surface area contributed by atoms with E-state index in [4.69, 9.17) is 4.42 Å². The molecule has 14 heavy (non-hydrogen) atoms. The van der Waals surface area contributed by atoms with Crippen LogP contribution >= 0.6 is 0 Å². The molecule has 0 bridgehead atoms. The molecule has 0 amide bonds. The first-order chi connectivity index (χ1) is 6.83. The van der Waals surface area contributed by atoms with E-state index >= 15 is 0 Å². The van der Waals surface area contributed by atoms with Crippen molar-refractivity contribution in [2.45, 2.75) is 46.0 Å². The van der Waals surface area contributed by atoms with Gasteiger partial charge in [0.25, 0.3) is 0 Å². The second-order valence-corrected chi connectivity index (χ2v) is 3.82. The predicted octanol–water partition coefficient (Wildman–Crippen LogP) is 4.65. The summed E-state index contributed by atoms with van der Waals surface area (Å²) < 4.78 is 5.26. The van der Waals surface area contributed by atoms with Crippen molar-refractivity contribution in [2.75, 3.05) is 0 Å². The molecule has 0 aromatic carbocycles. The van der Waals surface area contributed by atoms with Crippen LogP contribution in [0.15, 0.2) is 28.4 Å². The maximum atomic E-state index is 5.26. The lowest BCUT2D eigenvalue weighted by Crippen LogP contribution is -1.79. The fourth-order valence-electron chi connectivity index (χ4n) is 1.52. The highest BCUT2D eigenvalue weighted by Crippen LogP contribution is 2.13. The number of furan rings is 1. The molecule has 0 atom stereocenters. The molecule has 78 valence electrons. The molecule has 1 aromatic heterocycles. The lowest BCUT2D eigenvalue weighted by molar-refractivity contribution is 0.556. The maximum Gasteiger partial charge on any atom is 0.126 e. The van der Waals surface area contributed by atoms with Gasteiger partial charge >= 0.3 is 0 Å². The van der Waals surface area contributed by atoms with E-state index in [9.17, 15) is 0 Å². The topological polar surface area (TPSA) is 13.1 Å². The molecule has 0 aliphatic heterocycles. The smallest absolute Gasteiger partial charge is 0.126 e. The molecule has 0 aliphatic carbocycles. The van der Waals surface area contributed by atoms with Gasteiger partial charge in [0.2, 0.25) is 0 Å². The van der Waals surface area contributed by atoms with Gasteiger partial charge in [-0.05, 0) is 38.0 Å². The van der Waals surface area contributed by atoms with E-state index in [1.807, 2.05) is 12.1 Å². The highest BCUT2D eigenvalue weighted by Gasteiger charge is 1.94. The summed E-state index contributed by atoms with van der Waals surface area (Å²) in [5, 5.41) is 0. The third-order valence-electron chi connectivity index (χ3n) is 2.36. The highest BCUT2D eigenvalue weighted by atomic mass is 16.3. The summed E-state index contributed by atoms with van der Waals surface area (Å²) in [6.45, 7) is 4.42. The van der Waals surface area contributed by atoms with Crippen molar-refractivity contribution in [1.29, 1.82) is 0 Å². The van der Waals surface area contributed by atoms with Gasteiger partial charge in [-0.3, -0.25) is 0 Å². The van der Waals surface area contributed by atoms with Crippen LogP contribution < -0.4 is 0 Å². The van der Waals surface area contributed by atoms with Gasteiger partial charge in [0.05, 0.1) is 6.26 Å². The Balaban J connectivity index is 2.24. The van der Waals surface area contributed by atoms with E-state index in [0.29, 0.717) is 0 Å². The second-order valence-electron chi connectivity index (χ2n) is 3.82. The normalized spacial score (nSPS) is 12.0. The van der Waals surface area contributed by atoms with Gasteiger partial charge < -0.3 is 4.42 Å². The Morgan fingerprint density at radius 1 is 1.36 bits per heavy atom. The Hall–Kier alpha value is -0.980. The zero-order valence-electron chi connectivity index (χ0n) is 9.25. The monoisotopic (exact) mass is 192 g/mol. The summed E-state index contributed by atoms with van der Waals surface area (Å²) in [7, 11) is 0. The Morgan fingerprint density at radius 3 is 2.86 bits per heavy atom. The van der Waals surface area contributed by atoms with Gasteiger partial charge in [0, 0.05) is 0 Å². The quantitative estimate of drug-likeness (QED) is 0.598. The van der Waals surface area contributed by atoms with Crippen molar-refractivity contribution in [3.63, 3.8) is 0 Å². The molecule has 0 radical (unpaired) electrons. The lowest BCUT2D eigenvalue weighted by atomic mass is 10.1. The van der Waals surface area contributed by atoms with Gasteiger partial charge in [-0.15, -0.1) is 0 Å². The summed E-state index contributed by atoms with van der Waals surface area (Å²) in [4.78, 5) is 0. The molecular formula is C13H20O. The zero-order chi connectivity index (χ0) is 10.2. The Bertz CT molecular complexity index is 257. The number of hydrogen-bond acceptors (Lipinski definition) is 1. The number of rotatable bonds is 6. The number of allylic oxidation sites excluding steroid dienone is 1. The molecule has 1 heteroatoms. The first-order valence-corrected chi connectivity index (χ1v) is 5.53. The van der Waals surface area contributed by atoms with Crippen LogP contribution in [0, 0.1) is 0 Å². The third kappa shape index (κ3) is 4.31. The molecular weight excluding hydrogens is 172 g/mol. The molecule has 0 saturated carbocycles. The van der Waals surface area contributed by atoms with Crippen LogP contribution in [0.1, 0.15) is 51.7 Å². The molecule has 0 aliphatic rings. The first-order valence-electron chi connectivity index (χ1n) is 5.53. The number of unbranched alkanes of at least 4 members (excludes halogenated alkanes) is 3. The van der Waals surface area contributed by atoms with Crippen molar-refractivity contribution in [1.82, 2.24) is 0 Å². The molecule has 1 nitrogen and oxygen atoms in total. The minimum atomic E-state index is 0.970. The molecule has 1 aromatic rings. The number of hydrogen-bond donors (Lipinski definition) is 0. The van der Waals surface area contributed by atoms with Crippen molar-refractivity contribution < 1.29 is 4.42 Å². The molecule has 0 unspecified atom stereocenters. The van der Waals surface area contributed by atoms with E-state index in [1.54, 1.807) is 6.26 Å². The van der Waals surface area contributed by atoms with Crippen LogP contribution in [0.25, 0.3) is 6.08 Å². The second kappa shape index (κ2) is 6.47. The molecule has 1 rings (SSSR count). The largest absolute Gasteiger partial charge is 0.465 e. The average Bonchev–Trinajstić information content (AvgIpc) is 2.65. The summed E-state index contributed by atoms with van der Waals surface area (Å²) in [5.74, 6) is 0.970. The molecule has 0 N–H and O–H groups in total. The van der Waals surface area contributed by atoms with Crippen LogP contribution in [0.4, 0.5) is 0 Å². The maximum absolute atomic E-state index is 5.26. The SMILES string of the molecule is CCCCCC/C(C)=C/c1ccco1. The van der Waals surface area contributed by atoms with E-state index in [1.165, 1.54) is 37.7 Å². The van der Waals surface area contributed by atoms with Gasteiger partial charge in [-0.2, -0.15) is 0 Å². The van der Waals surface area contributed by atoms with E-state index in [2.05, 4.69) is 19.9 Å². The molecule has 0 spiro atoms. The summed E-state index contributed by atoms with van der Waals surface area (Å²) in [6.07, 6.45) is 10.4. The minimum Gasteiger partial charge on any atom is -0.465 e. The molecule has 0 fully saturated rings. The summed E-state index contributed by atoms with van der Waals surface area (Å²) in [5.41, 5.74) is 1.41. The van der Waals surface area contributed by atoms with Crippen molar-refractivity contribution in [3.05, 3.63) is 29.7 Å². The summed E-state index contributed by atoms with van der Waals surface area (Å²) in [6, 6.07) is 3.92. The standard InChI is InChI=1S/C13H20O/c1-3-4-5-6-8-12(2)11-13-9-7-10-14-13/h7,9-11H,3-6,8H2,1-2H3/b12-11+. The Kier molecular flexibility index (Phi) is 5.13. The van der Waals surface area contributed by atoms with E-state index < -0.39 is 0 Å². The Morgan fingerprint density at radius 2 is 2.21 bits per heavy atom. The molecule has 1 heterocycles. The zero-order valence-corrected chi connectivity index (χ0v) is 9.25. The molecule has 0 saturated heterocycles.